The van der Waals surface area contributed by atoms with E-state index in [4.69, 9.17) is 5.11 Å². The second-order valence-electron chi connectivity index (χ2n) is 5.58. The van der Waals surface area contributed by atoms with E-state index in [1.165, 1.54) is 24.3 Å². The lowest BCUT2D eigenvalue weighted by atomic mass is 10.1. The minimum atomic E-state index is -4.34. The summed E-state index contributed by atoms with van der Waals surface area (Å²) in [4.78, 5) is 4.02. The Labute approximate surface area is 171 Å². The highest BCUT2D eigenvalue weighted by molar-refractivity contribution is 14.0. The van der Waals surface area contributed by atoms with Gasteiger partial charge in [0.05, 0.1) is 5.56 Å². The average molecular weight is 497 g/mol. The number of nitrogens with zero attached hydrogens (tertiary/aromatic N) is 1. The molecule has 0 unspecified atom stereocenters. The van der Waals surface area contributed by atoms with Crippen LogP contribution in [0.25, 0.3) is 0 Å². The van der Waals surface area contributed by atoms with Gasteiger partial charge in [-0.15, -0.1) is 24.0 Å². The molecule has 0 aromatic heterocycles. The number of aliphatic imine (C=N–C) groups is 1. The van der Waals surface area contributed by atoms with Crippen molar-refractivity contribution in [3.8, 4) is 5.75 Å². The van der Waals surface area contributed by atoms with Gasteiger partial charge in [-0.1, -0.05) is 18.2 Å². The van der Waals surface area contributed by atoms with Gasteiger partial charge in [0.1, 0.15) is 0 Å². The molecule has 0 bridgehead atoms. The number of hydrogen-bond donors (Lipinski definition) is 3. The number of halogens is 5. The summed E-state index contributed by atoms with van der Waals surface area (Å²) in [6, 6.07) is 9.08. The van der Waals surface area contributed by atoms with Crippen LogP contribution in [0.2, 0.25) is 0 Å². The fourth-order valence-electron chi connectivity index (χ4n) is 2.25. The molecule has 0 radical (unpaired) electrons. The van der Waals surface area contributed by atoms with E-state index in [-0.39, 0.29) is 24.0 Å². The number of alkyl halides is 3. The standard InChI is InChI=1S/C18H19F4N3O.HI/c1-23-17(25-11-13-4-7-16(26)15(19)10-13)24-9-8-12-2-5-14(6-3-12)18(20,21)22;/h2-7,10,26H,8-9,11H2,1H3,(H2,23,24,25);1H. The van der Waals surface area contributed by atoms with E-state index in [2.05, 4.69) is 15.6 Å². The molecule has 2 aromatic rings. The third-order valence-electron chi connectivity index (χ3n) is 3.68. The minimum Gasteiger partial charge on any atom is -0.505 e. The molecule has 0 aliphatic rings. The maximum atomic E-state index is 13.3. The van der Waals surface area contributed by atoms with Crippen LogP contribution < -0.4 is 10.6 Å². The van der Waals surface area contributed by atoms with Crippen molar-refractivity contribution in [2.45, 2.75) is 19.1 Å². The molecule has 148 valence electrons. The van der Waals surface area contributed by atoms with Gasteiger partial charge in [-0.3, -0.25) is 4.99 Å². The van der Waals surface area contributed by atoms with Crippen molar-refractivity contribution in [1.29, 1.82) is 0 Å². The van der Waals surface area contributed by atoms with Gasteiger partial charge in [-0.05, 0) is 41.8 Å². The van der Waals surface area contributed by atoms with Crippen LogP contribution in [0.1, 0.15) is 16.7 Å². The van der Waals surface area contributed by atoms with Crippen molar-refractivity contribution in [3.05, 3.63) is 65.0 Å². The predicted octanol–water partition coefficient (Wildman–Crippen LogP) is 4.08. The van der Waals surface area contributed by atoms with Crippen molar-refractivity contribution in [1.82, 2.24) is 10.6 Å². The molecule has 0 spiro atoms. The fraction of sp³-hybridized carbons (Fsp3) is 0.278. The molecule has 2 rings (SSSR count). The largest absolute Gasteiger partial charge is 0.505 e. The van der Waals surface area contributed by atoms with Crippen LogP contribution >= 0.6 is 24.0 Å². The van der Waals surface area contributed by atoms with Crippen molar-refractivity contribution in [2.75, 3.05) is 13.6 Å². The number of rotatable bonds is 5. The summed E-state index contributed by atoms with van der Waals surface area (Å²) >= 11 is 0. The molecule has 9 heteroatoms. The quantitative estimate of drug-likeness (QED) is 0.253. The van der Waals surface area contributed by atoms with Gasteiger partial charge in [-0.25, -0.2) is 4.39 Å². The highest BCUT2D eigenvalue weighted by Gasteiger charge is 2.29. The maximum absolute atomic E-state index is 13.3. The van der Waals surface area contributed by atoms with Gasteiger partial charge < -0.3 is 15.7 Å². The van der Waals surface area contributed by atoms with E-state index >= 15 is 0 Å². The molecule has 0 atom stereocenters. The smallest absolute Gasteiger partial charge is 0.416 e. The third kappa shape index (κ3) is 7.24. The summed E-state index contributed by atoms with van der Waals surface area (Å²) in [6.07, 6.45) is -3.82. The fourth-order valence-corrected chi connectivity index (χ4v) is 2.25. The third-order valence-corrected chi connectivity index (χ3v) is 3.68. The first-order chi connectivity index (χ1) is 12.3. The lowest BCUT2D eigenvalue weighted by Gasteiger charge is -2.12. The minimum absolute atomic E-state index is 0. The number of aromatic hydroxyl groups is 1. The number of nitrogens with one attached hydrogen (secondary N) is 2. The second-order valence-corrected chi connectivity index (χ2v) is 5.58. The van der Waals surface area contributed by atoms with E-state index in [1.54, 1.807) is 13.1 Å². The van der Waals surface area contributed by atoms with Crippen LogP contribution in [-0.2, 0) is 19.1 Å². The van der Waals surface area contributed by atoms with Gasteiger partial charge in [0.15, 0.2) is 17.5 Å². The van der Waals surface area contributed by atoms with Crippen LogP contribution in [-0.4, -0.2) is 24.7 Å². The molecule has 4 nitrogen and oxygen atoms in total. The Balaban J connectivity index is 0.00000364. The summed E-state index contributed by atoms with van der Waals surface area (Å²) < 4.78 is 50.8. The van der Waals surface area contributed by atoms with E-state index in [0.717, 1.165) is 17.7 Å². The van der Waals surface area contributed by atoms with E-state index in [1.807, 2.05) is 0 Å². The van der Waals surface area contributed by atoms with Crippen molar-refractivity contribution in [3.63, 3.8) is 0 Å². The first kappa shape index (κ1) is 23.0. The summed E-state index contributed by atoms with van der Waals surface area (Å²) in [6.45, 7) is 0.770. The van der Waals surface area contributed by atoms with Crippen molar-refractivity contribution < 1.29 is 22.7 Å². The lowest BCUT2D eigenvalue weighted by molar-refractivity contribution is -0.137. The lowest BCUT2D eigenvalue weighted by Crippen LogP contribution is -2.37. The molecule has 0 amide bonds. The summed E-state index contributed by atoms with van der Waals surface area (Å²) in [5, 5.41) is 15.2. The maximum Gasteiger partial charge on any atom is 0.416 e. The molecule has 0 aliphatic heterocycles. The van der Waals surface area contributed by atoms with Crippen molar-refractivity contribution in [2.24, 2.45) is 4.99 Å². The first-order valence-electron chi connectivity index (χ1n) is 7.87. The number of phenolic OH excluding ortho intramolecular Hbond substituents is 1. The van der Waals surface area contributed by atoms with Gasteiger partial charge in [0, 0.05) is 20.1 Å². The Hall–Kier alpha value is -2.04. The van der Waals surface area contributed by atoms with Crippen LogP contribution in [0.5, 0.6) is 5.75 Å². The number of hydrogen-bond acceptors (Lipinski definition) is 2. The van der Waals surface area contributed by atoms with E-state index in [0.29, 0.717) is 31.0 Å². The molecular formula is C18H20F4IN3O. The average Bonchev–Trinajstić information content (AvgIpc) is 2.60. The SMILES string of the molecule is CN=C(NCCc1ccc(C(F)(F)F)cc1)NCc1ccc(O)c(F)c1.I. The summed E-state index contributed by atoms with van der Waals surface area (Å²) in [7, 11) is 1.57. The Morgan fingerprint density at radius 3 is 2.22 bits per heavy atom. The van der Waals surface area contributed by atoms with Crippen LogP contribution in [0.15, 0.2) is 47.5 Å². The molecule has 3 N–H and O–H groups in total. The molecule has 0 aliphatic carbocycles. The van der Waals surface area contributed by atoms with Crippen LogP contribution in [0, 0.1) is 5.82 Å². The molecule has 27 heavy (non-hydrogen) atoms. The highest BCUT2D eigenvalue weighted by Crippen LogP contribution is 2.29. The summed E-state index contributed by atoms with van der Waals surface area (Å²) in [5.41, 5.74) is 0.723. The molecule has 0 saturated carbocycles. The Bertz CT molecular complexity index is 764. The van der Waals surface area contributed by atoms with Gasteiger partial charge in [-0.2, -0.15) is 13.2 Å². The zero-order valence-electron chi connectivity index (χ0n) is 14.5. The number of benzene rings is 2. The number of guanidine groups is 1. The van der Waals surface area contributed by atoms with Crippen molar-refractivity contribution >= 4 is 29.9 Å². The van der Waals surface area contributed by atoms with E-state index in [9.17, 15) is 17.6 Å². The summed E-state index contributed by atoms with van der Waals surface area (Å²) in [5.74, 6) is -0.632. The van der Waals surface area contributed by atoms with Crippen LogP contribution in [0.4, 0.5) is 17.6 Å². The monoisotopic (exact) mass is 497 g/mol. The molecular weight excluding hydrogens is 477 g/mol. The molecule has 0 fully saturated rings. The Morgan fingerprint density at radius 2 is 1.67 bits per heavy atom. The topological polar surface area (TPSA) is 56.7 Å². The molecule has 2 aromatic carbocycles. The zero-order valence-corrected chi connectivity index (χ0v) is 16.8. The zero-order chi connectivity index (χ0) is 19.2. The highest BCUT2D eigenvalue weighted by atomic mass is 127. The van der Waals surface area contributed by atoms with Crippen LogP contribution in [0.3, 0.4) is 0 Å². The Morgan fingerprint density at radius 1 is 1.04 bits per heavy atom. The van der Waals surface area contributed by atoms with Gasteiger partial charge in [0.25, 0.3) is 0 Å². The van der Waals surface area contributed by atoms with Gasteiger partial charge >= 0.3 is 6.18 Å². The second kappa shape index (κ2) is 10.3. The predicted molar refractivity (Wildman–Crippen MR) is 107 cm³/mol. The first-order valence-corrected chi connectivity index (χ1v) is 7.87. The van der Waals surface area contributed by atoms with Gasteiger partial charge in [0.2, 0.25) is 0 Å². The molecule has 0 heterocycles. The van der Waals surface area contributed by atoms with E-state index < -0.39 is 23.3 Å². The Kier molecular flexibility index (Phi) is 8.80. The number of phenols is 1. The molecule has 0 saturated heterocycles. The normalized spacial score (nSPS) is 11.7.